The standard InChI is InChI=1S/C22H20ClN3O/c23-18-8-4-9-19(13-18)25-22(27)17-12-21-20(24-14-17)10-5-11-26(21)15-16-6-2-1-3-7-16/h1-4,6-9,12-14H,5,10-11,15H2,(H,25,27). The molecule has 0 spiro atoms. The van der Waals surface area contributed by atoms with E-state index in [4.69, 9.17) is 11.6 Å². The number of fused-ring (bicyclic) bond motifs is 1. The van der Waals surface area contributed by atoms with Gasteiger partial charge in [-0.1, -0.05) is 48.0 Å². The molecule has 3 aromatic rings. The molecule has 1 amide bonds. The summed E-state index contributed by atoms with van der Waals surface area (Å²) in [6.45, 7) is 1.78. The molecule has 0 radical (unpaired) electrons. The Hall–Kier alpha value is -2.85. The Kier molecular flexibility index (Phi) is 5.07. The van der Waals surface area contributed by atoms with Crippen molar-refractivity contribution in [1.82, 2.24) is 4.98 Å². The summed E-state index contributed by atoms with van der Waals surface area (Å²) in [5.74, 6) is -0.183. The summed E-state index contributed by atoms with van der Waals surface area (Å²) < 4.78 is 0. The summed E-state index contributed by atoms with van der Waals surface area (Å²) in [5.41, 5.74) is 4.57. The van der Waals surface area contributed by atoms with E-state index in [9.17, 15) is 4.79 Å². The molecular weight excluding hydrogens is 358 g/mol. The number of nitrogens with zero attached hydrogens (tertiary/aromatic N) is 2. The number of halogens is 1. The van der Waals surface area contributed by atoms with E-state index in [1.165, 1.54) is 5.56 Å². The van der Waals surface area contributed by atoms with Gasteiger partial charge in [0.1, 0.15) is 0 Å². The van der Waals surface area contributed by atoms with Crippen LogP contribution in [0.5, 0.6) is 0 Å². The number of carbonyl (C=O) groups is 1. The first-order chi connectivity index (χ1) is 13.2. The Balaban J connectivity index is 1.57. The number of rotatable bonds is 4. The number of amides is 1. The van der Waals surface area contributed by atoms with Crippen molar-refractivity contribution in [2.45, 2.75) is 19.4 Å². The molecule has 1 aliphatic heterocycles. The number of aromatic nitrogens is 1. The lowest BCUT2D eigenvalue weighted by Crippen LogP contribution is -2.30. The zero-order valence-electron chi connectivity index (χ0n) is 14.9. The van der Waals surface area contributed by atoms with Crippen LogP contribution in [0.15, 0.2) is 66.9 Å². The van der Waals surface area contributed by atoms with E-state index in [0.29, 0.717) is 16.3 Å². The number of hydrogen-bond acceptors (Lipinski definition) is 3. The van der Waals surface area contributed by atoms with Crippen LogP contribution in [-0.2, 0) is 13.0 Å². The second kappa shape index (κ2) is 7.80. The van der Waals surface area contributed by atoms with Crippen molar-refractivity contribution < 1.29 is 4.79 Å². The number of benzene rings is 2. The quantitative estimate of drug-likeness (QED) is 0.700. The molecule has 0 unspecified atom stereocenters. The smallest absolute Gasteiger partial charge is 0.257 e. The normalized spacial score (nSPS) is 13.1. The first-order valence-electron chi connectivity index (χ1n) is 9.04. The van der Waals surface area contributed by atoms with Gasteiger partial charge in [0.15, 0.2) is 0 Å². The number of pyridine rings is 1. The van der Waals surface area contributed by atoms with Crippen molar-refractivity contribution in [3.05, 3.63) is 88.7 Å². The van der Waals surface area contributed by atoms with Gasteiger partial charge in [-0.05, 0) is 42.7 Å². The highest BCUT2D eigenvalue weighted by Crippen LogP contribution is 2.28. The fraction of sp³-hybridized carbons (Fsp3) is 0.182. The van der Waals surface area contributed by atoms with Gasteiger partial charge in [-0.3, -0.25) is 9.78 Å². The SMILES string of the molecule is O=C(Nc1cccc(Cl)c1)c1cnc2c(c1)N(Cc1ccccc1)CCC2. The predicted molar refractivity (Wildman–Crippen MR) is 109 cm³/mol. The number of hydrogen-bond donors (Lipinski definition) is 1. The third-order valence-corrected chi connectivity index (χ3v) is 4.93. The molecule has 0 atom stereocenters. The summed E-state index contributed by atoms with van der Waals surface area (Å²) in [6, 6.07) is 19.4. The van der Waals surface area contributed by atoms with Crippen molar-refractivity contribution in [2.75, 3.05) is 16.8 Å². The maximum absolute atomic E-state index is 12.7. The van der Waals surface area contributed by atoms with Crippen LogP contribution in [-0.4, -0.2) is 17.4 Å². The molecule has 1 aromatic heterocycles. The molecule has 0 saturated carbocycles. The van der Waals surface area contributed by atoms with E-state index < -0.39 is 0 Å². The largest absolute Gasteiger partial charge is 0.366 e. The molecule has 2 aromatic carbocycles. The Morgan fingerprint density at radius 2 is 1.96 bits per heavy atom. The lowest BCUT2D eigenvalue weighted by molar-refractivity contribution is 0.102. The molecule has 27 heavy (non-hydrogen) atoms. The molecule has 4 rings (SSSR count). The highest BCUT2D eigenvalue weighted by atomic mass is 35.5. The minimum atomic E-state index is -0.183. The van der Waals surface area contributed by atoms with Crippen LogP contribution in [0, 0.1) is 0 Å². The molecule has 0 bridgehead atoms. The van der Waals surface area contributed by atoms with Gasteiger partial charge in [0.05, 0.1) is 16.9 Å². The fourth-order valence-electron chi connectivity index (χ4n) is 3.37. The highest BCUT2D eigenvalue weighted by molar-refractivity contribution is 6.31. The minimum absolute atomic E-state index is 0.183. The first-order valence-corrected chi connectivity index (χ1v) is 9.41. The molecule has 0 aliphatic carbocycles. The van der Waals surface area contributed by atoms with Crippen LogP contribution in [0.25, 0.3) is 0 Å². The summed E-state index contributed by atoms with van der Waals surface area (Å²) >= 11 is 5.99. The number of nitrogens with one attached hydrogen (secondary N) is 1. The Morgan fingerprint density at radius 3 is 2.78 bits per heavy atom. The molecule has 1 N–H and O–H groups in total. The van der Waals surface area contributed by atoms with Crippen molar-refractivity contribution in [3.63, 3.8) is 0 Å². The minimum Gasteiger partial charge on any atom is -0.366 e. The first kappa shape index (κ1) is 17.6. The molecule has 1 aliphatic rings. The lowest BCUT2D eigenvalue weighted by atomic mass is 10.0. The fourth-order valence-corrected chi connectivity index (χ4v) is 3.56. The zero-order chi connectivity index (χ0) is 18.6. The van der Waals surface area contributed by atoms with Gasteiger partial charge >= 0.3 is 0 Å². The average molecular weight is 378 g/mol. The predicted octanol–water partition coefficient (Wildman–Crippen LogP) is 4.94. The zero-order valence-corrected chi connectivity index (χ0v) is 15.6. The van der Waals surface area contributed by atoms with Crippen molar-refractivity contribution in [1.29, 1.82) is 0 Å². The third kappa shape index (κ3) is 4.12. The topological polar surface area (TPSA) is 45.2 Å². The van der Waals surface area contributed by atoms with Crippen LogP contribution in [0.3, 0.4) is 0 Å². The molecular formula is C22H20ClN3O. The summed E-state index contributed by atoms with van der Waals surface area (Å²) in [7, 11) is 0. The summed E-state index contributed by atoms with van der Waals surface area (Å²) in [4.78, 5) is 19.5. The van der Waals surface area contributed by atoms with Crippen LogP contribution >= 0.6 is 11.6 Å². The van der Waals surface area contributed by atoms with Crippen LogP contribution < -0.4 is 10.2 Å². The lowest BCUT2D eigenvalue weighted by Gasteiger charge is -2.31. The molecule has 0 fully saturated rings. The second-order valence-corrected chi connectivity index (χ2v) is 7.10. The molecule has 136 valence electrons. The van der Waals surface area contributed by atoms with Crippen LogP contribution in [0.2, 0.25) is 5.02 Å². The summed E-state index contributed by atoms with van der Waals surface area (Å²) in [5, 5.41) is 3.48. The maximum Gasteiger partial charge on any atom is 0.257 e. The second-order valence-electron chi connectivity index (χ2n) is 6.66. The van der Waals surface area contributed by atoms with E-state index in [-0.39, 0.29) is 5.91 Å². The van der Waals surface area contributed by atoms with Gasteiger partial charge in [0.2, 0.25) is 0 Å². The van der Waals surface area contributed by atoms with E-state index >= 15 is 0 Å². The molecule has 2 heterocycles. The molecule has 5 heteroatoms. The van der Waals surface area contributed by atoms with Crippen LogP contribution in [0.1, 0.15) is 28.0 Å². The van der Waals surface area contributed by atoms with Crippen molar-refractivity contribution in [3.8, 4) is 0 Å². The average Bonchev–Trinajstić information content (AvgIpc) is 2.69. The monoisotopic (exact) mass is 377 g/mol. The van der Waals surface area contributed by atoms with Crippen molar-refractivity contribution in [2.24, 2.45) is 0 Å². The third-order valence-electron chi connectivity index (χ3n) is 4.69. The van der Waals surface area contributed by atoms with Gasteiger partial charge < -0.3 is 10.2 Å². The number of carbonyl (C=O) groups excluding carboxylic acids is 1. The van der Waals surface area contributed by atoms with Crippen molar-refractivity contribution >= 4 is 28.9 Å². The maximum atomic E-state index is 12.7. The van der Waals surface area contributed by atoms with E-state index in [2.05, 4.69) is 27.3 Å². The van der Waals surface area contributed by atoms with Gasteiger partial charge in [-0.15, -0.1) is 0 Å². The Bertz CT molecular complexity index is 959. The molecule has 4 nitrogen and oxygen atoms in total. The van der Waals surface area contributed by atoms with Gasteiger partial charge in [0.25, 0.3) is 5.91 Å². The summed E-state index contributed by atoms with van der Waals surface area (Å²) in [6.07, 6.45) is 3.67. The number of anilines is 2. The van der Waals surface area contributed by atoms with Gasteiger partial charge in [-0.2, -0.15) is 0 Å². The van der Waals surface area contributed by atoms with E-state index in [0.717, 1.165) is 37.3 Å². The van der Waals surface area contributed by atoms with Gasteiger partial charge in [0, 0.05) is 30.0 Å². The van der Waals surface area contributed by atoms with E-state index in [1.807, 2.05) is 36.4 Å². The van der Waals surface area contributed by atoms with E-state index in [1.54, 1.807) is 18.3 Å². The number of aryl methyl sites for hydroxylation is 1. The highest BCUT2D eigenvalue weighted by Gasteiger charge is 2.20. The Labute approximate surface area is 163 Å². The molecule has 0 saturated heterocycles. The van der Waals surface area contributed by atoms with Crippen LogP contribution in [0.4, 0.5) is 11.4 Å². The van der Waals surface area contributed by atoms with Gasteiger partial charge in [-0.25, -0.2) is 0 Å². The Morgan fingerprint density at radius 1 is 1.11 bits per heavy atom.